The van der Waals surface area contributed by atoms with Gasteiger partial charge in [-0.05, 0) is 31.2 Å². The summed E-state index contributed by atoms with van der Waals surface area (Å²) in [7, 11) is 0. The molecule has 0 amide bonds. The molecule has 0 spiro atoms. The average Bonchev–Trinajstić information content (AvgIpc) is 3.20. The maximum absolute atomic E-state index is 12.3. The van der Waals surface area contributed by atoms with E-state index in [4.69, 9.17) is 4.98 Å². The quantitative estimate of drug-likeness (QED) is 0.928. The van der Waals surface area contributed by atoms with Crippen molar-refractivity contribution in [2.75, 3.05) is 0 Å². The molecule has 0 bridgehead atoms. The van der Waals surface area contributed by atoms with E-state index in [-0.39, 0.29) is 16.9 Å². The Balaban J connectivity index is 2.11. The Morgan fingerprint density at radius 3 is 2.35 bits per heavy atom. The molecule has 0 unspecified atom stereocenters. The first-order chi connectivity index (χ1) is 9.54. The van der Waals surface area contributed by atoms with Gasteiger partial charge in [-0.15, -0.1) is 0 Å². The Labute approximate surface area is 119 Å². The number of nitrogens with one attached hydrogen (secondary N) is 1. The third-order valence-electron chi connectivity index (χ3n) is 4.25. The van der Waals surface area contributed by atoms with Crippen LogP contribution in [0.4, 0.5) is 0 Å². The molecule has 1 aromatic heterocycles. The van der Waals surface area contributed by atoms with Gasteiger partial charge in [0, 0.05) is 11.3 Å². The SMILES string of the molecule is Cc1nc(C2(c3ccccc3)CC2)[nH]c(=O)c1C(C)C. The highest BCUT2D eigenvalue weighted by Crippen LogP contribution is 2.51. The predicted octanol–water partition coefficient (Wildman–Crippen LogP) is 3.28. The monoisotopic (exact) mass is 268 g/mol. The largest absolute Gasteiger partial charge is 0.310 e. The van der Waals surface area contributed by atoms with Crippen molar-refractivity contribution in [3.63, 3.8) is 0 Å². The molecular weight excluding hydrogens is 248 g/mol. The van der Waals surface area contributed by atoms with Crippen LogP contribution in [0.1, 0.15) is 55.3 Å². The van der Waals surface area contributed by atoms with Crippen LogP contribution >= 0.6 is 0 Å². The van der Waals surface area contributed by atoms with Crippen molar-refractivity contribution in [1.29, 1.82) is 0 Å². The van der Waals surface area contributed by atoms with Gasteiger partial charge in [0.2, 0.25) is 0 Å². The lowest BCUT2D eigenvalue weighted by molar-refractivity contribution is 0.714. The van der Waals surface area contributed by atoms with Crippen LogP contribution < -0.4 is 5.56 Å². The van der Waals surface area contributed by atoms with Gasteiger partial charge >= 0.3 is 0 Å². The van der Waals surface area contributed by atoms with Crippen molar-refractivity contribution in [3.8, 4) is 0 Å². The molecular formula is C17H20N2O. The molecule has 3 nitrogen and oxygen atoms in total. The van der Waals surface area contributed by atoms with Gasteiger partial charge in [-0.25, -0.2) is 4.98 Å². The Hall–Kier alpha value is -1.90. The lowest BCUT2D eigenvalue weighted by atomic mass is 9.94. The molecule has 3 heteroatoms. The van der Waals surface area contributed by atoms with Crippen LogP contribution in [0.2, 0.25) is 0 Å². The first kappa shape index (κ1) is 13.1. The van der Waals surface area contributed by atoms with E-state index in [2.05, 4.69) is 17.1 Å². The van der Waals surface area contributed by atoms with E-state index in [0.717, 1.165) is 29.9 Å². The number of hydrogen-bond donors (Lipinski definition) is 1. The van der Waals surface area contributed by atoms with Crippen LogP contribution in [0.5, 0.6) is 0 Å². The van der Waals surface area contributed by atoms with Gasteiger partial charge in [0.25, 0.3) is 5.56 Å². The number of H-pyrrole nitrogens is 1. The van der Waals surface area contributed by atoms with E-state index in [1.807, 2.05) is 39.0 Å². The van der Waals surface area contributed by atoms with Gasteiger partial charge in [-0.2, -0.15) is 0 Å². The number of rotatable bonds is 3. The van der Waals surface area contributed by atoms with Crippen molar-refractivity contribution in [2.45, 2.75) is 44.9 Å². The molecule has 0 saturated heterocycles. The summed E-state index contributed by atoms with van der Waals surface area (Å²) < 4.78 is 0. The van der Waals surface area contributed by atoms with E-state index < -0.39 is 0 Å². The van der Waals surface area contributed by atoms with Crippen molar-refractivity contribution in [3.05, 3.63) is 63.3 Å². The Bertz CT molecular complexity index is 682. The molecule has 1 heterocycles. The third-order valence-corrected chi connectivity index (χ3v) is 4.25. The standard InChI is InChI=1S/C17H20N2O/c1-11(2)14-12(3)18-16(19-15(14)20)17(9-10-17)13-7-5-4-6-8-13/h4-8,11H,9-10H2,1-3H3,(H,18,19,20). The molecule has 1 saturated carbocycles. The maximum Gasteiger partial charge on any atom is 0.254 e. The normalized spacial score (nSPS) is 16.4. The number of aromatic nitrogens is 2. The van der Waals surface area contributed by atoms with E-state index in [1.165, 1.54) is 5.56 Å². The second-order valence-electron chi connectivity index (χ2n) is 6.02. The van der Waals surface area contributed by atoms with Crippen molar-refractivity contribution in [1.82, 2.24) is 9.97 Å². The molecule has 1 N–H and O–H groups in total. The van der Waals surface area contributed by atoms with Gasteiger partial charge in [0.05, 0.1) is 5.41 Å². The highest BCUT2D eigenvalue weighted by atomic mass is 16.1. The highest BCUT2D eigenvalue weighted by molar-refractivity contribution is 5.40. The van der Waals surface area contributed by atoms with Crippen LogP contribution in [0.15, 0.2) is 35.1 Å². The lowest BCUT2D eigenvalue weighted by Crippen LogP contribution is -2.24. The summed E-state index contributed by atoms with van der Waals surface area (Å²) in [5.74, 6) is 1.03. The van der Waals surface area contributed by atoms with Crippen LogP contribution in [-0.4, -0.2) is 9.97 Å². The maximum atomic E-state index is 12.3. The molecule has 1 aromatic carbocycles. The predicted molar refractivity (Wildman–Crippen MR) is 80.1 cm³/mol. The number of benzene rings is 1. The van der Waals surface area contributed by atoms with Crippen molar-refractivity contribution >= 4 is 0 Å². The summed E-state index contributed by atoms with van der Waals surface area (Å²) in [6, 6.07) is 10.4. The molecule has 0 aliphatic heterocycles. The molecule has 3 rings (SSSR count). The minimum Gasteiger partial charge on any atom is -0.310 e. The number of aromatic amines is 1. The molecule has 2 aromatic rings. The van der Waals surface area contributed by atoms with Crippen LogP contribution in [0.3, 0.4) is 0 Å². The van der Waals surface area contributed by atoms with Gasteiger partial charge < -0.3 is 4.98 Å². The molecule has 0 atom stereocenters. The van der Waals surface area contributed by atoms with E-state index in [0.29, 0.717) is 0 Å². The van der Waals surface area contributed by atoms with E-state index in [9.17, 15) is 4.79 Å². The summed E-state index contributed by atoms with van der Waals surface area (Å²) in [4.78, 5) is 20.1. The fourth-order valence-corrected chi connectivity index (χ4v) is 3.05. The minimum absolute atomic E-state index is 0.0182. The summed E-state index contributed by atoms with van der Waals surface area (Å²) in [5.41, 5.74) is 2.86. The molecule has 0 radical (unpaired) electrons. The molecule has 20 heavy (non-hydrogen) atoms. The number of hydrogen-bond acceptors (Lipinski definition) is 2. The second-order valence-corrected chi connectivity index (χ2v) is 6.02. The van der Waals surface area contributed by atoms with Crippen molar-refractivity contribution in [2.24, 2.45) is 0 Å². The zero-order valence-corrected chi connectivity index (χ0v) is 12.2. The van der Waals surface area contributed by atoms with E-state index >= 15 is 0 Å². The summed E-state index contributed by atoms with van der Waals surface area (Å²) in [5, 5.41) is 0. The molecule has 1 aliphatic rings. The van der Waals surface area contributed by atoms with Crippen LogP contribution in [0.25, 0.3) is 0 Å². The van der Waals surface area contributed by atoms with Gasteiger partial charge in [0.15, 0.2) is 0 Å². The Morgan fingerprint density at radius 2 is 1.85 bits per heavy atom. The van der Waals surface area contributed by atoms with Crippen LogP contribution in [0, 0.1) is 6.92 Å². The fraction of sp³-hybridized carbons (Fsp3) is 0.412. The topological polar surface area (TPSA) is 45.8 Å². The lowest BCUT2D eigenvalue weighted by Gasteiger charge is -2.17. The zero-order chi connectivity index (χ0) is 14.3. The third kappa shape index (κ3) is 1.98. The average molecular weight is 268 g/mol. The van der Waals surface area contributed by atoms with Gasteiger partial charge in [-0.3, -0.25) is 4.79 Å². The van der Waals surface area contributed by atoms with Crippen LogP contribution in [-0.2, 0) is 5.41 Å². The molecule has 1 fully saturated rings. The first-order valence-electron chi connectivity index (χ1n) is 7.21. The minimum atomic E-state index is -0.0688. The first-order valence-corrected chi connectivity index (χ1v) is 7.21. The Morgan fingerprint density at radius 1 is 1.20 bits per heavy atom. The van der Waals surface area contributed by atoms with E-state index in [1.54, 1.807) is 0 Å². The summed E-state index contributed by atoms with van der Waals surface area (Å²) >= 11 is 0. The van der Waals surface area contributed by atoms with Gasteiger partial charge in [0.1, 0.15) is 5.82 Å². The Kier molecular flexibility index (Phi) is 3.00. The zero-order valence-electron chi connectivity index (χ0n) is 12.2. The molecule has 104 valence electrons. The molecule has 1 aliphatic carbocycles. The van der Waals surface area contributed by atoms with Crippen molar-refractivity contribution < 1.29 is 0 Å². The second kappa shape index (κ2) is 4.58. The van der Waals surface area contributed by atoms with Gasteiger partial charge in [-0.1, -0.05) is 44.2 Å². The highest BCUT2D eigenvalue weighted by Gasteiger charge is 2.48. The smallest absolute Gasteiger partial charge is 0.254 e. The summed E-state index contributed by atoms with van der Waals surface area (Å²) in [6.07, 6.45) is 2.11. The number of nitrogens with zero attached hydrogens (tertiary/aromatic N) is 1. The number of aryl methyl sites for hydroxylation is 1. The summed E-state index contributed by atoms with van der Waals surface area (Å²) in [6.45, 7) is 6.00. The fourth-order valence-electron chi connectivity index (χ4n) is 3.05.